The van der Waals surface area contributed by atoms with Gasteiger partial charge in [-0.1, -0.05) is 26.8 Å². The van der Waals surface area contributed by atoms with Crippen molar-refractivity contribution < 1.29 is 14.8 Å². The van der Waals surface area contributed by atoms with E-state index in [0.717, 1.165) is 6.29 Å². The van der Waals surface area contributed by atoms with Crippen LogP contribution in [0.3, 0.4) is 0 Å². The molecule has 5 heteroatoms. The van der Waals surface area contributed by atoms with Gasteiger partial charge in [0.05, 0.1) is 0 Å². The number of carbonyl (C=O) groups is 2. The van der Waals surface area contributed by atoms with E-state index >= 15 is 0 Å². The minimum Gasteiger partial charge on any atom is -0.327 e. The summed E-state index contributed by atoms with van der Waals surface area (Å²) in [6, 6.07) is 0. The van der Waals surface area contributed by atoms with E-state index < -0.39 is 0 Å². The van der Waals surface area contributed by atoms with Gasteiger partial charge in [0.1, 0.15) is 13.1 Å². The van der Waals surface area contributed by atoms with Gasteiger partial charge in [0, 0.05) is 20.0 Å². The van der Waals surface area contributed by atoms with Crippen molar-refractivity contribution in [2.45, 2.75) is 27.2 Å². The highest BCUT2D eigenvalue weighted by Crippen LogP contribution is 1.53. The average Bonchev–Trinajstić information content (AvgIpc) is 2.35. The molecule has 15 heavy (non-hydrogen) atoms. The zero-order valence-corrected chi connectivity index (χ0v) is 10.3. The normalized spacial score (nSPS) is 5.20. The van der Waals surface area contributed by atoms with Crippen LogP contribution in [0.1, 0.15) is 27.2 Å². The van der Waals surface area contributed by atoms with E-state index in [0.29, 0.717) is 13.0 Å². The van der Waals surface area contributed by atoms with E-state index in [9.17, 15) is 4.79 Å². The topological polar surface area (TPSA) is 92.4 Å². The summed E-state index contributed by atoms with van der Waals surface area (Å²) in [6.07, 6.45) is 3.17. The van der Waals surface area contributed by atoms with Crippen molar-refractivity contribution >= 4 is 13.1 Å². The van der Waals surface area contributed by atoms with Crippen LogP contribution in [0.5, 0.6) is 0 Å². The number of nitrogens with one attached hydrogen (secondary N) is 1. The molecule has 0 atom stereocenters. The maximum atomic E-state index is 9.17. The Labute approximate surface area is 93.3 Å². The Morgan fingerprint density at radius 3 is 1.53 bits per heavy atom. The molecule has 0 aromatic carbocycles. The summed E-state index contributed by atoms with van der Waals surface area (Å²) in [5.74, 6) is 0. The monoisotopic (exact) mass is 222 g/mol. The maximum Gasteiger partial charge on any atom is 0.119 e. The van der Waals surface area contributed by atoms with Crippen LogP contribution in [0, 0.1) is 0 Å². The SMILES string of the molecule is C=CCN.C=O.CC.CCC=O.CNO. The number of aldehydes is 1. The quantitative estimate of drug-likeness (QED) is 0.370. The van der Waals surface area contributed by atoms with E-state index in [4.69, 9.17) is 15.7 Å². The molecule has 0 aliphatic heterocycles. The first-order valence-electron chi connectivity index (χ1n) is 4.59. The number of rotatable bonds is 2. The van der Waals surface area contributed by atoms with Gasteiger partial charge in [-0.25, -0.2) is 5.48 Å². The molecule has 0 aromatic rings. The highest BCUT2D eigenvalue weighted by atomic mass is 16.5. The van der Waals surface area contributed by atoms with Crippen molar-refractivity contribution in [1.29, 1.82) is 0 Å². The van der Waals surface area contributed by atoms with E-state index in [-0.39, 0.29) is 0 Å². The molecule has 0 saturated heterocycles. The molecule has 0 aliphatic carbocycles. The first kappa shape index (κ1) is 29.2. The second-order valence-corrected chi connectivity index (χ2v) is 1.32. The zero-order valence-electron chi connectivity index (χ0n) is 10.3. The molecular formula is C10H26N2O3. The number of carbonyl (C=O) groups excluding carboxylic acids is 2. The first-order valence-corrected chi connectivity index (χ1v) is 4.59. The number of hydrogen-bond donors (Lipinski definition) is 3. The standard InChI is InChI=1S/C3H7N.C3H6O.C2H6.CH5NO.CH2O/c2*1-2-3-4;1-2;1-2-3;1-2/h2H,1,3-4H2;3H,2H2,1H3;1-2H3;2-3H,1H3;1H2. The Balaban J connectivity index is -0.0000000289. The molecule has 0 radical (unpaired) electrons. The molecule has 0 heterocycles. The fourth-order valence-electron chi connectivity index (χ4n) is 0. The second kappa shape index (κ2) is 118. The van der Waals surface area contributed by atoms with E-state index in [1.165, 1.54) is 7.05 Å². The Morgan fingerprint density at radius 1 is 1.40 bits per heavy atom. The van der Waals surface area contributed by atoms with E-state index in [1.807, 2.05) is 27.6 Å². The molecule has 4 N–H and O–H groups in total. The fraction of sp³-hybridized carbons (Fsp3) is 0.600. The van der Waals surface area contributed by atoms with Gasteiger partial charge in [-0.2, -0.15) is 0 Å². The molecule has 0 spiro atoms. The molecule has 0 unspecified atom stereocenters. The first-order chi connectivity index (χ1) is 7.24. The van der Waals surface area contributed by atoms with Crippen molar-refractivity contribution in [3.63, 3.8) is 0 Å². The Bertz CT molecular complexity index is 73.1. The number of nitrogens with two attached hydrogens (primary N) is 1. The Morgan fingerprint density at radius 2 is 1.53 bits per heavy atom. The summed E-state index contributed by atoms with van der Waals surface area (Å²) < 4.78 is 0. The zero-order chi connectivity index (χ0) is 13.5. The lowest BCUT2D eigenvalue weighted by Crippen LogP contribution is -1.91. The summed E-state index contributed by atoms with van der Waals surface area (Å²) in [4.78, 5) is 17.2. The lowest BCUT2D eigenvalue weighted by Gasteiger charge is -1.61. The van der Waals surface area contributed by atoms with Crippen molar-refractivity contribution in [3.05, 3.63) is 12.7 Å². The summed E-state index contributed by atoms with van der Waals surface area (Å²) in [7, 11) is 1.43. The number of hydrogen-bond acceptors (Lipinski definition) is 5. The molecule has 0 fully saturated rings. The maximum absolute atomic E-state index is 9.17. The Kier molecular flexibility index (Phi) is 230. The average molecular weight is 222 g/mol. The van der Waals surface area contributed by atoms with E-state index in [1.54, 1.807) is 11.6 Å². The van der Waals surface area contributed by atoms with Crippen LogP contribution in [0.2, 0.25) is 0 Å². The molecule has 0 bridgehead atoms. The van der Waals surface area contributed by atoms with Gasteiger partial charge in [0.25, 0.3) is 0 Å². The van der Waals surface area contributed by atoms with Gasteiger partial charge in [-0.3, -0.25) is 0 Å². The third-order valence-electron chi connectivity index (χ3n) is 0.333. The van der Waals surface area contributed by atoms with Crippen molar-refractivity contribution in [1.82, 2.24) is 5.48 Å². The van der Waals surface area contributed by atoms with Crippen LogP contribution in [0.25, 0.3) is 0 Å². The number of hydroxylamine groups is 1. The smallest absolute Gasteiger partial charge is 0.119 e. The second-order valence-electron chi connectivity index (χ2n) is 1.32. The van der Waals surface area contributed by atoms with Crippen molar-refractivity contribution in [2.75, 3.05) is 13.6 Å². The molecule has 94 valence electrons. The van der Waals surface area contributed by atoms with Crippen LogP contribution >= 0.6 is 0 Å². The van der Waals surface area contributed by atoms with Gasteiger partial charge < -0.3 is 20.5 Å². The summed E-state index contributed by atoms with van der Waals surface area (Å²) in [6.45, 7) is 11.8. The minimum absolute atomic E-state index is 0.583. The molecular weight excluding hydrogens is 196 g/mol. The summed E-state index contributed by atoms with van der Waals surface area (Å²) in [5.41, 5.74) is 6.66. The van der Waals surface area contributed by atoms with Crippen molar-refractivity contribution in [2.24, 2.45) is 5.73 Å². The van der Waals surface area contributed by atoms with Crippen LogP contribution in [-0.4, -0.2) is 31.9 Å². The Hall–Kier alpha value is -1.04. The molecule has 0 aliphatic rings. The lowest BCUT2D eigenvalue weighted by atomic mass is 10.6. The van der Waals surface area contributed by atoms with Gasteiger partial charge in [-0.15, -0.1) is 6.58 Å². The molecule has 0 amide bonds. The molecule has 0 saturated carbocycles. The van der Waals surface area contributed by atoms with Crippen LogP contribution in [-0.2, 0) is 9.59 Å². The fourth-order valence-corrected chi connectivity index (χ4v) is 0. The highest BCUT2D eigenvalue weighted by Gasteiger charge is 1.52. The molecule has 0 rings (SSSR count). The van der Waals surface area contributed by atoms with Gasteiger partial charge in [0.2, 0.25) is 0 Å². The highest BCUT2D eigenvalue weighted by molar-refractivity contribution is 5.48. The van der Waals surface area contributed by atoms with Crippen LogP contribution < -0.4 is 11.2 Å². The van der Waals surface area contributed by atoms with Gasteiger partial charge in [-0.05, 0) is 0 Å². The predicted octanol–water partition coefficient (Wildman–Crippen LogP) is 1.16. The summed E-state index contributed by atoms with van der Waals surface area (Å²) in [5, 5.41) is 7.32. The molecule has 0 aromatic heterocycles. The van der Waals surface area contributed by atoms with Crippen LogP contribution in [0.4, 0.5) is 0 Å². The minimum atomic E-state index is 0.583. The van der Waals surface area contributed by atoms with E-state index in [2.05, 4.69) is 6.58 Å². The predicted molar refractivity (Wildman–Crippen MR) is 64.9 cm³/mol. The third-order valence-corrected chi connectivity index (χ3v) is 0.333. The summed E-state index contributed by atoms with van der Waals surface area (Å²) >= 11 is 0. The largest absolute Gasteiger partial charge is 0.327 e. The lowest BCUT2D eigenvalue weighted by molar-refractivity contribution is -0.107. The third kappa shape index (κ3) is 1690. The van der Waals surface area contributed by atoms with Crippen molar-refractivity contribution in [3.8, 4) is 0 Å². The van der Waals surface area contributed by atoms with Crippen LogP contribution in [0.15, 0.2) is 12.7 Å². The van der Waals surface area contributed by atoms with Gasteiger partial charge in [0.15, 0.2) is 0 Å². The van der Waals surface area contributed by atoms with Gasteiger partial charge >= 0.3 is 0 Å². The molecule has 5 nitrogen and oxygen atoms in total.